The van der Waals surface area contributed by atoms with Crippen molar-refractivity contribution in [2.75, 3.05) is 5.73 Å². The van der Waals surface area contributed by atoms with Crippen molar-refractivity contribution in [2.45, 2.75) is 6.54 Å². The summed E-state index contributed by atoms with van der Waals surface area (Å²) in [4.78, 5) is 15.7. The number of nitrogens with zero attached hydrogens (tertiary/aromatic N) is 3. The van der Waals surface area contributed by atoms with Crippen LogP contribution in [0.5, 0.6) is 0 Å². The Bertz CT molecular complexity index is 517. The Kier molecular flexibility index (Phi) is 3.04. The number of nitrogens with one attached hydrogen (secondary N) is 1. The van der Waals surface area contributed by atoms with Gasteiger partial charge in [0.15, 0.2) is 0 Å². The van der Waals surface area contributed by atoms with Gasteiger partial charge in [-0.2, -0.15) is 5.10 Å². The first-order valence-electron chi connectivity index (χ1n) is 5.13. The normalized spacial score (nSPS) is 10.2. The second-order valence-corrected chi connectivity index (χ2v) is 3.61. The molecule has 0 bridgehead atoms. The molecule has 2 heterocycles. The van der Waals surface area contributed by atoms with E-state index in [1.165, 1.54) is 6.20 Å². The molecule has 3 N–H and O–H groups in total. The molecular formula is C11H13N5O. The van der Waals surface area contributed by atoms with Gasteiger partial charge in [0.05, 0.1) is 24.1 Å². The topological polar surface area (TPSA) is 85.8 Å². The van der Waals surface area contributed by atoms with Gasteiger partial charge in [0.25, 0.3) is 5.91 Å². The Morgan fingerprint density at radius 1 is 1.47 bits per heavy atom. The summed E-state index contributed by atoms with van der Waals surface area (Å²) in [5.74, 6) is -0.230. The Hall–Kier alpha value is -2.37. The molecule has 17 heavy (non-hydrogen) atoms. The minimum atomic E-state index is -0.230. The van der Waals surface area contributed by atoms with Gasteiger partial charge < -0.3 is 11.1 Å². The molecule has 0 aliphatic rings. The zero-order valence-corrected chi connectivity index (χ0v) is 9.42. The van der Waals surface area contributed by atoms with Gasteiger partial charge in [-0.3, -0.25) is 9.48 Å². The molecule has 6 nitrogen and oxygen atoms in total. The Morgan fingerprint density at radius 2 is 2.29 bits per heavy atom. The maximum atomic E-state index is 11.7. The zero-order valence-electron chi connectivity index (χ0n) is 9.42. The smallest absolute Gasteiger partial charge is 0.270 e. The number of nitrogen functional groups attached to an aromatic ring is 1. The molecule has 6 heteroatoms. The third kappa shape index (κ3) is 2.60. The predicted molar refractivity (Wildman–Crippen MR) is 63.0 cm³/mol. The number of hydrogen-bond donors (Lipinski definition) is 2. The first-order chi connectivity index (χ1) is 8.16. The molecule has 0 spiro atoms. The number of carbonyl (C=O) groups is 1. The molecule has 1 amide bonds. The fourth-order valence-electron chi connectivity index (χ4n) is 1.38. The van der Waals surface area contributed by atoms with Crippen LogP contribution < -0.4 is 11.1 Å². The van der Waals surface area contributed by atoms with Crippen LogP contribution >= 0.6 is 0 Å². The van der Waals surface area contributed by atoms with Gasteiger partial charge in [-0.15, -0.1) is 0 Å². The lowest BCUT2D eigenvalue weighted by molar-refractivity contribution is 0.0945. The Balaban J connectivity index is 1.98. The van der Waals surface area contributed by atoms with E-state index in [2.05, 4.69) is 15.4 Å². The van der Waals surface area contributed by atoms with Gasteiger partial charge in [-0.1, -0.05) is 0 Å². The van der Waals surface area contributed by atoms with Gasteiger partial charge in [-0.25, -0.2) is 4.98 Å². The van der Waals surface area contributed by atoms with Crippen LogP contribution in [0.4, 0.5) is 5.69 Å². The van der Waals surface area contributed by atoms with Crippen molar-refractivity contribution in [1.29, 1.82) is 0 Å². The number of aromatic nitrogens is 3. The van der Waals surface area contributed by atoms with Crippen LogP contribution in [0, 0.1) is 0 Å². The lowest BCUT2D eigenvalue weighted by atomic mass is 10.3. The fourth-order valence-corrected chi connectivity index (χ4v) is 1.38. The summed E-state index contributed by atoms with van der Waals surface area (Å²) in [6, 6.07) is 5.08. The fraction of sp³-hybridized carbons (Fsp3) is 0.182. The van der Waals surface area contributed by atoms with Crippen LogP contribution in [0.2, 0.25) is 0 Å². The quantitative estimate of drug-likeness (QED) is 0.797. The summed E-state index contributed by atoms with van der Waals surface area (Å²) in [5, 5.41) is 6.77. The highest BCUT2D eigenvalue weighted by Crippen LogP contribution is 2.02. The Labute approximate surface area is 98.5 Å². The van der Waals surface area contributed by atoms with E-state index < -0.39 is 0 Å². The highest BCUT2D eigenvalue weighted by Gasteiger charge is 2.07. The molecule has 2 aromatic heterocycles. The summed E-state index contributed by atoms with van der Waals surface area (Å²) in [5.41, 5.74) is 7.30. The molecule has 0 saturated carbocycles. The summed E-state index contributed by atoms with van der Waals surface area (Å²) >= 11 is 0. The second-order valence-electron chi connectivity index (χ2n) is 3.61. The van der Waals surface area contributed by atoms with Crippen LogP contribution in [0.15, 0.2) is 30.6 Å². The monoisotopic (exact) mass is 231 g/mol. The molecular weight excluding hydrogens is 218 g/mol. The van der Waals surface area contributed by atoms with E-state index >= 15 is 0 Å². The van der Waals surface area contributed by atoms with Crippen molar-refractivity contribution in [2.24, 2.45) is 7.05 Å². The lowest BCUT2D eigenvalue weighted by Crippen LogP contribution is -2.24. The second kappa shape index (κ2) is 4.65. The molecule has 0 unspecified atom stereocenters. The minimum Gasteiger partial charge on any atom is -0.397 e. The van der Waals surface area contributed by atoms with Gasteiger partial charge in [0, 0.05) is 13.2 Å². The first kappa shape index (κ1) is 11.1. The van der Waals surface area contributed by atoms with Crippen molar-refractivity contribution in [3.8, 4) is 0 Å². The summed E-state index contributed by atoms with van der Waals surface area (Å²) in [6.45, 7) is 0.418. The maximum absolute atomic E-state index is 11.7. The largest absolute Gasteiger partial charge is 0.397 e. The average molecular weight is 231 g/mol. The SMILES string of the molecule is Cn1nccc1CNC(=O)c1ccc(N)cn1. The van der Waals surface area contributed by atoms with Crippen molar-refractivity contribution < 1.29 is 4.79 Å². The number of carbonyl (C=O) groups excluding carboxylic acids is 1. The summed E-state index contributed by atoms with van der Waals surface area (Å²) in [6.07, 6.45) is 3.14. The average Bonchev–Trinajstić information content (AvgIpc) is 2.73. The van der Waals surface area contributed by atoms with Crippen LogP contribution in [0.1, 0.15) is 16.2 Å². The van der Waals surface area contributed by atoms with Crippen molar-refractivity contribution in [1.82, 2.24) is 20.1 Å². The van der Waals surface area contributed by atoms with Crippen molar-refractivity contribution in [3.63, 3.8) is 0 Å². The van der Waals surface area contributed by atoms with Gasteiger partial charge in [0.1, 0.15) is 5.69 Å². The third-order valence-corrected chi connectivity index (χ3v) is 2.37. The first-order valence-corrected chi connectivity index (χ1v) is 5.13. The van der Waals surface area contributed by atoms with E-state index in [-0.39, 0.29) is 5.91 Å². The van der Waals surface area contributed by atoms with E-state index in [0.717, 1.165) is 5.69 Å². The molecule has 88 valence electrons. The molecule has 0 radical (unpaired) electrons. The van der Waals surface area contributed by atoms with Gasteiger partial charge in [-0.05, 0) is 18.2 Å². The van der Waals surface area contributed by atoms with Crippen molar-refractivity contribution >= 4 is 11.6 Å². The van der Waals surface area contributed by atoms with E-state index in [4.69, 9.17) is 5.73 Å². The number of hydrogen-bond acceptors (Lipinski definition) is 4. The maximum Gasteiger partial charge on any atom is 0.270 e. The predicted octanol–water partition coefficient (Wildman–Crippen LogP) is 0.327. The standard InChI is InChI=1S/C11H13N5O/c1-16-9(4-5-15-16)7-14-11(17)10-3-2-8(12)6-13-10/h2-6H,7,12H2,1H3,(H,14,17). The van der Waals surface area contributed by atoms with Crippen LogP contribution in [-0.4, -0.2) is 20.7 Å². The molecule has 0 aromatic carbocycles. The lowest BCUT2D eigenvalue weighted by Gasteiger charge is -2.05. The van der Waals surface area contributed by atoms with Crippen molar-refractivity contribution in [3.05, 3.63) is 42.0 Å². The van der Waals surface area contributed by atoms with E-state index in [0.29, 0.717) is 17.9 Å². The molecule has 0 saturated heterocycles. The molecule has 2 aromatic rings. The summed E-state index contributed by atoms with van der Waals surface area (Å²) in [7, 11) is 1.82. The molecule has 2 rings (SSSR count). The van der Waals surface area contributed by atoms with Crippen LogP contribution in [0.25, 0.3) is 0 Å². The van der Waals surface area contributed by atoms with E-state index in [1.54, 1.807) is 23.0 Å². The van der Waals surface area contributed by atoms with E-state index in [9.17, 15) is 4.79 Å². The Morgan fingerprint density at radius 3 is 2.88 bits per heavy atom. The van der Waals surface area contributed by atoms with Gasteiger partial charge >= 0.3 is 0 Å². The van der Waals surface area contributed by atoms with E-state index in [1.807, 2.05) is 13.1 Å². The number of rotatable bonds is 3. The molecule has 0 fully saturated rings. The third-order valence-electron chi connectivity index (χ3n) is 2.37. The minimum absolute atomic E-state index is 0.230. The summed E-state index contributed by atoms with van der Waals surface area (Å²) < 4.78 is 1.71. The number of nitrogens with two attached hydrogens (primary N) is 1. The number of amides is 1. The van der Waals surface area contributed by atoms with Crippen LogP contribution in [0.3, 0.4) is 0 Å². The number of anilines is 1. The van der Waals surface area contributed by atoms with Gasteiger partial charge in [0.2, 0.25) is 0 Å². The number of pyridine rings is 1. The molecule has 0 aliphatic carbocycles. The number of aryl methyl sites for hydroxylation is 1. The molecule has 0 aliphatic heterocycles. The highest BCUT2D eigenvalue weighted by molar-refractivity contribution is 5.92. The zero-order chi connectivity index (χ0) is 12.3. The molecule has 0 atom stereocenters. The highest BCUT2D eigenvalue weighted by atomic mass is 16.1. The van der Waals surface area contributed by atoms with Crippen LogP contribution in [-0.2, 0) is 13.6 Å².